The number of rotatable bonds is 13. The predicted octanol–water partition coefficient (Wildman–Crippen LogP) is -3.04. The number of piperazine rings is 1. The molecular weight excluding hydrogens is 638 g/mol. The molecule has 3 amide bonds. The van der Waals surface area contributed by atoms with Gasteiger partial charge in [-0.05, 0) is 20.9 Å². The zero-order chi connectivity index (χ0) is 33.1. The molecule has 0 radical (unpaired) electrons. The molecule has 6 N–H and O–H groups in total. The number of likely N-dealkylation sites (N-methyl/N-ethyl adjacent to an activating group) is 1. The first kappa shape index (κ1) is 33.6. The van der Waals surface area contributed by atoms with Crippen LogP contribution in [0.4, 0.5) is 5.13 Å². The lowest BCUT2D eigenvalue weighted by molar-refractivity contribution is -0.161. The number of oxime groups is 1. The van der Waals surface area contributed by atoms with Gasteiger partial charge in [0.05, 0.1) is 31.9 Å². The number of aliphatic carboxylic acids is 1. The Balaban J connectivity index is 1.44. The van der Waals surface area contributed by atoms with Crippen molar-refractivity contribution in [3.05, 3.63) is 23.0 Å². The number of carboxylic acid groups (broad SMARTS) is 1. The Labute approximate surface area is 261 Å². The van der Waals surface area contributed by atoms with Gasteiger partial charge in [0.25, 0.3) is 11.8 Å². The fourth-order valence-electron chi connectivity index (χ4n) is 4.30. The van der Waals surface area contributed by atoms with Gasteiger partial charge in [-0.3, -0.25) is 23.8 Å². The Morgan fingerprint density at radius 2 is 1.93 bits per heavy atom. The van der Waals surface area contributed by atoms with Crippen LogP contribution in [-0.2, 0) is 47.4 Å². The molecule has 4 heterocycles. The lowest BCUT2D eigenvalue weighted by Crippen LogP contribution is -2.73. The second kappa shape index (κ2) is 13.4. The Bertz CT molecular complexity index is 1580. The first-order valence-electron chi connectivity index (χ1n) is 13.4. The molecule has 246 valence electrons. The number of amides is 3. The SMILES string of the molecule is CN1CCN(CC(=O)NCc2cn(C[C@H]3[C@H](NC(=O)C(=NOC(C)(C)C(=O)O)c4csc(N)n4)C(=O)N3S(=O)(=O)O)nn2)CC1. The van der Waals surface area contributed by atoms with Gasteiger partial charge in [0.1, 0.15) is 17.4 Å². The summed E-state index contributed by atoms with van der Waals surface area (Å²) in [6.45, 7) is 5.53. The number of nitrogens with zero attached hydrogens (tertiary/aromatic N) is 8. The number of hydrogen-bond acceptors (Lipinski definition) is 15. The van der Waals surface area contributed by atoms with E-state index in [2.05, 4.69) is 36.0 Å². The minimum Gasteiger partial charge on any atom is -0.478 e. The summed E-state index contributed by atoms with van der Waals surface area (Å²) in [5.41, 5.74) is 3.51. The molecule has 2 aromatic rings. The number of nitrogens with two attached hydrogens (primary N) is 1. The van der Waals surface area contributed by atoms with Crippen molar-refractivity contribution in [3.8, 4) is 0 Å². The van der Waals surface area contributed by atoms with Gasteiger partial charge in [-0.2, -0.15) is 8.42 Å². The quantitative estimate of drug-likeness (QED) is 0.0613. The van der Waals surface area contributed by atoms with Crippen molar-refractivity contribution in [3.63, 3.8) is 0 Å². The Morgan fingerprint density at radius 3 is 2.53 bits per heavy atom. The third kappa shape index (κ3) is 8.27. The second-order valence-corrected chi connectivity index (χ2v) is 13.0. The fourth-order valence-corrected chi connectivity index (χ4v) is 5.72. The van der Waals surface area contributed by atoms with Gasteiger partial charge in [0, 0.05) is 31.6 Å². The molecule has 2 aromatic heterocycles. The number of carboxylic acids is 1. The average Bonchev–Trinajstić information content (AvgIpc) is 3.59. The summed E-state index contributed by atoms with van der Waals surface area (Å²) >= 11 is 0.949. The lowest BCUT2D eigenvalue weighted by Gasteiger charge is -2.43. The highest BCUT2D eigenvalue weighted by atomic mass is 32.2. The molecule has 20 nitrogen and oxygen atoms in total. The Hall–Kier alpha value is -4.25. The first-order valence-corrected chi connectivity index (χ1v) is 15.7. The number of hydrogen-bond donors (Lipinski definition) is 5. The van der Waals surface area contributed by atoms with E-state index < -0.39 is 51.5 Å². The highest BCUT2D eigenvalue weighted by Crippen LogP contribution is 2.25. The van der Waals surface area contributed by atoms with Crippen LogP contribution in [0.1, 0.15) is 25.2 Å². The second-order valence-electron chi connectivity index (χ2n) is 10.8. The largest absolute Gasteiger partial charge is 0.478 e. The number of anilines is 1. The van der Waals surface area contributed by atoms with Crippen LogP contribution in [-0.4, -0.2) is 139 Å². The molecule has 0 spiro atoms. The van der Waals surface area contributed by atoms with Crippen LogP contribution >= 0.6 is 11.3 Å². The van der Waals surface area contributed by atoms with E-state index in [9.17, 15) is 37.3 Å². The number of carbonyl (C=O) groups excluding carboxylic acids is 3. The van der Waals surface area contributed by atoms with Gasteiger partial charge in [-0.25, -0.2) is 18.8 Å². The summed E-state index contributed by atoms with van der Waals surface area (Å²) in [4.78, 5) is 63.0. The van der Waals surface area contributed by atoms with Crippen LogP contribution in [0.15, 0.2) is 16.7 Å². The summed E-state index contributed by atoms with van der Waals surface area (Å²) in [5.74, 6) is -3.82. The summed E-state index contributed by atoms with van der Waals surface area (Å²) in [6, 6.07) is -2.85. The zero-order valence-electron chi connectivity index (χ0n) is 24.5. The third-order valence-electron chi connectivity index (χ3n) is 6.95. The van der Waals surface area contributed by atoms with Crippen molar-refractivity contribution in [2.45, 2.75) is 44.6 Å². The number of aromatic nitrogens is 4. The van der Waals surface area contributed by atoms with E-state index in [-0.39, 0.29) is 40.7 Å². The van der Waals surface area contributed by atoms with E-state index in [1.165, 1.54) is 30.1 Å². The van der Waals surface area contributed by atoms with Crippen molar-refractivity contribution < 1.29 is 42.1 Å². The maximum atomic E-state index is 13.2. The molecule has 2 aliphatic heterocycles. The molecule has 22 heteroatoms. The maximum absolute atomic E-state index is 13.2. The van der Waals surface area contributed by atoms with Gasteiger partial charge < -0.3 is 31.2 Å². The summed E-state index contributed by atoms with van der Waals surface area (Å²) in [7, 11) is -3.02. The summed E-state index contributed by atoms with van der Waals surface area (Å²) in [5, 5.41) is 27.3. The average molecular weight is 672 g/mol. The number of nitrogen functional groups attached to an aromatic ring is 1. The minimum absolute atomic E-state index is 0.0294. The Kier molecular flexibility index (Phi) is 10.0. The van der Waals surface area contributed by atoms with Crippen LogP contribution in [0.5, 0.6) is 0 Å². The van der Waals surface area contributed by atoms with E-state index in [1.807, 2.05) is 11.9 Å². The molecule has 4 rings (SSSR count). The highest BCUT2D eigenvalue weighted by molar-refractivity contribution is 7.84. The number of carbonyl (C=O) groups is 4. The van der Waals surface area contributed by atoms with Crippen LogP contribution in [0.2, 0.25) is 0 Å². The molecule has 0 aromatic carbocycles. The molecule has 2 fully saturated rings. The molecule has 2 aliphatic rings. The first-order chi connectivity index (χ1) is 21.0. The van der Waals surface area contributed by atoms with Crippen LogP contribution in [0.3, 0.4) is 0 Å². The van der Waals surface area contributed by atoms with Crippen molar-refractivity contribution in [1.82, 2.24) is 44.7 Å². The monoisotopic (exact) mass is 671 g/mol. The molecule has 2 atom stereocenters. The van der Waals surface area contributed by atoms with E-state index in [1.54, 1.807) is 0 Å². The van der Waals surface area contributed by atoms with Crippen LogP contribution < -0.4 is 16.4 Å². The summed E-state index contributed by atoms with van der Waals surface area (Å²) in [6.07, 6.45) is 1.41. The number of nitrogens with one attached hydrogen (secondary N) is 2. The van der Waals surface area contributed by atoms with E-state index in [4.69, 9.17) is 10.6 Å². The minimum atomic E-state index is -5.03. The third-order valence-corrected chi connectivity index (χ3v) is 8.58. The Morgan fingerprint density at radius 1 is 1.24 bits per heavy atom. The maximum Gasteiger partial charge on any atom is 0.362 e. The topological polar surface area (TPSA) is 268 Å². The van der Waals surface area contributed by atoms with Gasteiger partial charge >= 0.3 is 16.3 Å². The molecule has 0 unspecified atom stereocenters. The van der Waals surface area contributed by atoms with Gasteiger partial charge in [0.15, 0.2) is 10.8 Å². The molecule has 2 saturated heterocycles. The van der Waals surface area contributed by atoms with E-state index in [0.717, 1.165) is 37.5 Å². The molecule has 0 aliphatic carbocycles. The highest BCUT2D eigenvalue weighted by Gasteiger charge is 2.54. The smallest absolute Gasteiger partial charge is 0.362 e. The van der Waals surface area contributed by atoms with Gasteiger partial charge in [-0.1, -0.05) is 10.4 Å². The molecular formula is C23H33N11O9S2. The van der Waals surface area contributed by atoms with Crippen molar-refractivity contribution in [1.29, 1.82) is 0 Å². The zero-order valence-corrected chi connectivity index (χ0v) is 26.1. The van der Waals surface area contributed by atoms with Crippen LogP contribution in [0, 0.1) is 0 Å². The van der Waals surface area contributed by atoms with E-state index >= 15 is 0 Å². The standard InChI is InChI=1S/C23H33N11O9S2/c1-23(2,21(38)39)43-29-17(14-12-44-22(24)26-14)19(36)27-18-15(34(20(18)37)45(40,41)42)10-33-9-13(28-30-33)8-25-16(35)11-32-6-4-31(3)5-7-32/h9,12,15,18H,4-8,10-11H2,1-3H3,(H2,24,26)(H,25,35)(H,27,36)(H,38,39)(H,40,41,42)/t15-,18-/m0/s1. The van der Waals surface area contributed by atoms with Crippen molar-refractivity contribution in [2.24, 2.45) is 5.16 Å². The molecule has 0 bridgehead atoms. The number of thiazole rings is 1. The normalized spacial score (nSPS) is 20.0. The summed E-state index contributed by atoms with van der Waals surface area (Å²) < 4.78 is 35.0. The van der Waals surface area contributed by atoms with Crippen molar-refractivity contribution >= 4 is 56.2 Å². The number of β-lactam (4-membered cyclic amide) rings is 1. The molecule has 45 heavy (non-hydrogen) atoms. The predicted molar refractivity (Wildman–Crippen MR) is 156 cm³/mol. The van der Waals surface area contributed by atoms with E-state index in [0.29, 0.717) is 5.69 Å². The lowest BCUT2D eigenvalue weighted by atomic mass is 9.98. The van der Waals surface area contributed by atoms with Gasteiger partial charge in [-0.15, -0.1) is 16.4 Å². The van der Waals surface area contributed by atoms with Gasteiger partial charge in [0.2, 0.25) is 11.5 Å². The molecule has 0 saturated carbocycles. The van der Waals surface area contributed by atoms with Crippen molar-refractivity contribution in [2.75, 3.05) is 45.5 Å². The fraction of sp³-hybridized carbons (Fsp3) is 0.565. The van der Waals surface area contributed by atoms with Crippen LogP contribution in [0.25, 0.3) is 0 Å².